The number of rotatable bonds is 6. The van der Waals surface area contributed by atoms with Crippen molar-refractivity contribution in [2.75, 3.05) is 17.1 Å². The number of hydrogen-bond acceptors (Lipinski definition) is 6. The predicted molar refractivity (Wildman–Crippen MR) is 95.9 cm³/mol. The van der Waals surface area contributed by atoms with Crippen molar-refractivity contribution in [2.24, 2.45) is 0 Å². The lowest BCUT2D eigenvalue weighted by Gasteiger charge is -2.13. The minimum atomic E-state index is -4.06. The second kappa shape index (κ2) is 7.40. The van der Waals surface area contributed by atoms with Gasteiger partial charge in [0.05, 0.1) is 28.3 Å². The van der Waals surface area contributed by atoms with Gasteiger partial charge in [-0.1, -0.05) is 6.07 Å². The Morgan fingerprint density at radius 3 is 2.50 bits per heavy atom. The van der Waals surface area contributed by atoms with E-state index in [1.807, 2.05) is 0 Å². The Kier molecular flexibility index (Phi) is 5.46. The fourth-order valence-electron chi connectivity index (χ4n) is 2.35. The first-order valence-corrected chi connectivity index (χ1v) is 8.86. The van der Waals surface area contributed by atoms with Crippen molar-refractivity contribution in [1.82, 2.24) is 0 Å². The highest BCUT2D eigenvalue weighted by atomic mass is 32.2. The van der Waals surface area contributed by atoms with Gasteiger partial charge >= 0.3 is 0 Å². The van der Waals surface area contributed by atoms with Crippen molar-refractivity contribution in [3.05, 3.63) is 52.1 Å². The van der Waals surface area contributed by atoms with Crippen LogP contribution in [0.15, 0.2) is 41.3 Å². The summed E-state index contributed by atoms with van der Waals surface area (Å²) in [6.07, 6.45) is 0. The molecule has 0 aromatic heterocycles. The van der Waals surface area contributed by atoms with Crippen LogP contribution in [0.3, 0.4) is 0 Å². The van der Waals surface area contributed by atoms with Crippen molar-refractivity contribution in [1.29, 1.82) is 0 Å². The SMILES string of the molecule is COc1cc(NS(=O)(=O)c2cccc([N+](=O)[O-])c2C)ccc1NC(C)=O. The molecule has 2 rings (SSSR count). The second-order valence-electron chi connectivity index (χ2n) is 5.36. The van der Waals surface area contributed by atoms with E-state index in [1.54, 1.807) is 0 Å². The standard InChI is InChI=1S/C16H17N3O6S/c1-10-14(19(21)22)5-4-6-16(10)26(23,24)18-12-7-8-13(17-11(2)20)15(9-12)25-3/h4-9,18H,1-3H3,(H,17,20). The molecule has 9 nitrogen and oxygen atoms in total. The summed E-state index contributed by atoms with van der Waals surface area (Å²) in [5.74, 6) is -0.0417. The number of methoxy groups -OCH3 is 1. The smallest absolute Gasteiger partial charge is 0.273 e. The number of anilines is 2. The van der Waals surface area contributed by atoms with Crippen LogP contribution in [0, 0.1) is 17.0 Å². The van der Waals surface area contributed by atoms with Crippen LogP contribution < -0.4 is 14.8 Å². The number of nitro groups is 1. The third-order valence-electron chi connectivity index (χ3n) is 3.51. The Bertz CT molecular complexity index is 972. The molecule has 10 heteroatoms. The van der Waals surface area contributed by atoms with Gasteiger partial charge in [-0.15, -0.1) is 0 Å². The zero-order valence-electron chi connectivity index (χ0n) is 14.3. The van der Waals surface area contributed by atoms with Crippen LogP contribution in [0.25, 0.3) is 0 Å². The fourth-order valence-corrected chi connectivity index (χ4v) is 3.66. The Balaban J connectivity index is 2.40. The van der Waals surface area contributed by atoms with Gasteiger partial charge in [0.2, 0.25) is 5.91 Å². The third kappa shape index (κ3) is 4.09. The number of carbonyl (C=O) groups is 1. The maximum atomic E-state index is 12.6. The zero-order chi connectivity index (χ0) is 19.5. The average Bonchev–Trinajstić information content (AvgIpc) is 2.55. The number of nitrogens with zero attached hydrogens (tertiary/aromatic N) is 1. The molecule has 0 saturated carbocycles. The molecule has 0 atom stereocenters. The van der Waals surface area contributed by atoms with Gasteiger partial charge in [-0.05, 0) is 25.1 Å². The van der Waals surface area contributed by atoms with Crippen molar-refractivity contribution in [3.63, 3.8) is 0 Å². The van der Waals surface area contributed by atoms with E-state index >= 15 is 0 Å². The summed E-state index contributed by atoms with van der Waals surface area (Å²) in [5, 5.41) is 13.6. The summed E-state index contributed by atoms with van der Waals surface area (Å²) >= 11 is 0. The Hall–Kier alpha value is -3.14. The summed E-state index contributed by atoms with van der Waals surface area (Å²) in [6, 6.07) is 8.15. The molecule has 2 aromatic carbocycles. The maximum absolute atomic E-state index is 12.6. The summed E-state index contributed by atoms with van der Waals surface area (Å²) in [7, 11) is -2.68. The second-order valence-corrected chi connectivity index (χ2v) is 7.01. The largest absolute Gasteiger partial charge is 0.494 e. The first-order valence-electron chi connectivity index (χ1n) is 7.38. The van der Waals surface area contributed by atoms with Crippen LogP contribution in [0.5, 0.6) is 5.75 Å². The minimum Gasteiger partial charge on any atom is -0.494 e. The number of nitrogens with one attached hydrogen (secondary N) is 2. The van der Waals surface area contributed by atoms with Crippen LogP contribution in [0.4, 0.5) is 17.1 Å². The van der Waals surface area contributed by atoms with E-state index in [2.05, 4.69) is 10.0 Å². The van der Waals surface area contributed by atoms with Crippen LogP contribution in [0.2, 0.25) is 0 Å². The molecular weight excluding hydrogens is 362 g/mol. The minimum absolute atomic E-state index is 0.0341. The van der Waals surface area contributed by atoms with Gasteiger partial charge < -0.3 is 10.1 Å². The van der Waals surface area contributed by atoms with Gasteiger partial charge in [-0.3, -0.25) is 19.6 Å². The van der Waals surface area contributed by atoms with Gasteiger partial charge in [-0.25, -0.2) is 8.42 Å². The van der Waals surface area contributed by atoms with Gasteiger partial charge in [0, 0.05) is 24.6 Å². The van der Waals surface area contributed by atoms with Crippen molar-refractivity contribution >= 4 is 33.0 Å². The third-order valence-corrected chi connectivity index (χ3v) is 5.03. The average molecular weight is 379 g/mol. The highest BCUT2D eigenvalue weighted by Crippen LogP contribution is 2.30. The lowest BCUT2D eigenvalue weighted by Crippen LogP contribution is -2.15. The summed E-state index contributed by atoms with van der Waals surface area (Å²) in [6.45, 7) is 2.70. The first-order chi connectivity index (χ1) is 12.2. The quantitative estimate of drug-likeness (QED) is 0.587. The van der Waals surface area contributed by atoms with E-state index in [0.29, 0.717) is 5.69 Å². The molecule has 0 saturated heterocycles. The Morgan fingerprint density at radius 1 is 1.23 bits per heavy atom. The Morgan fingerprint density at radius 2 is 1.92 bits per heavy atom. The molecule has 1 amide bonds. The molecular formula is C16H17N3O6S. The molecule has 138 valence electrons. The highest BCUT2D eigenvalue weighted by Gasteiger charge is 2.23. The monoisotopic (exact) mass is 379 g/mol. The lowest BCUT2D eigenvalue weighted by atomic mass is 10.2. The number of sulfonamides is 1. The van der Waals surface area contributed by atoms with E-state index < -0.39 is 14.9 Å². The number of ether oxygens (including phenoxy) is 1. The zero-order valence-corrected chi connectivity index (χ0v) is 15.1. The van der Waals surface area contributed by atoms with E-state index in [-0.39, 0.29) is 33.5 Å². The lowest BCUT2D eigenvalue weighted by molar-refractivity contribution is -0.385. The maximum Gasteiger partial charge on any atom is 0.273 e. The van der Waals surface area contributed by atoms with E-state index in [1.165, 1.54) is 57.4 Å². The number of nitro benzene ring substituents is 1. The number of carbonyl (C=O) groups excluding carboxylic acids is 1. The summed E-state index contributed by atoms with van der Waals surface area (Å²) in [5.41, 5.74) is 0.314. The molecule has 0 aliphatic rings. The van der Waals surface area contributed by atoms with Crippen LogP contribution >= 0.6 is 0 Å². The molecule has 0 heterocycles. The van der Waals surface area contributed by atoms with Crippen molar-refractivity contribution < 1.29 is 22.9 Å². The van der Waals surface area contributed by atoms with E-state index in [9.17, 15) is 23.3 Å². The topological polar surface area (TPSA) is 128 Å². The van der Waals surface area contributed by atoms with Gasteiger partial charge in [0.25, 0.3) is 15.7 Å². The molecule has 2 aromatic rings. The van der Waals surface area contributed by atoms with Crippen LogP contribution in [-0.4, -0.2) is 26.4 Å². The molecule has 0 bridgehead atoms. The van der Waals surface area contributed by atoms with Crippen LogP contribution in [-0.2, 0) is 14.8 Å². The molecule has 0 spiro atoms. The van der Waals surface area contributed by atoms with Gasteiger partial charge in [-0.2, -0.15) is 0 Å². The summed E-state index contributed by atoms with van der Waals surface area (Å²) < 4.78 is 32.7. The van der Waals surface area contributed by atoms with Crippen molar-refractivity contribution in [2.45, 2.75) is 18.7 Å². The van der Waals surface area contributed by atoms with E-state index in [0.717, 1.165) is 0 Å². The molecule has 0 fully saturated rings. The fraction of sp³-hybridized carbons (Fsp3) is 0.188. The van der Waals surface area contributed by atoms with Crippen molar-refractivity contribution in [3.8, 4) is 5.75 Å². The molecule has 2 N–H and O–H groups in total. The van der Waals surface area contributed by atoms with Gasteiger partial charge in [0.15, 0.2) is 0 Å². The molecule has 26 heavy (non-hydrogen) atoms. The molecule has 0 unspecified atom stereocenters. The number of hydrogen-bond donors (Lipinski definition) is 2. The van der Waals surface area contributed by atoms with E-state index in [4.69, 9.17) is 4.74 Å². The number of amides is 1. The van der Waals surface area contributed by atoms with Gasteiger partial charge in [0.1, 0.15) is 5.75 Å². The molecule has 0 aliphatic heterocycles. The summed E-state index contributed by atoms with van der Waals surface area (Å²) in [4.78, 5) is 21.3. The molecule has 0 aliphatic carbocycles. The Labute approximate surface area is 150 Å². The van der Waals surface area contributed by atoms with Crippen LogP contribution in [0.1, 0.15) is 12.5 Å². The first kappa shape index (κ1) is 19.2. The molecule has 0 radical (unpaired) electrons. The highest BCUT2D eigenvalue weighted by molar-refractivity contribution is 7.92. The number of benzene rings is 2. The normalized spacial score (nSPS) is 10.9. The predicted octanol–water partition coefficient (Wildman–Crippen LogP) is 2.67.